The maximum absolute atomic E-state index is 13.3. The summed E-state index contributed by atoms with van der Waals surface area (Å²) in [5.41, 5.74) is -0.698. The highest BCUT2D eigenvalue weighted by Gasteiger charge is 2.43. The Balaban J connectivity index is 2.15. The Kier molecular flexibility index (Phi) is 4.07. The summed E-state index contributed by atoms with van der Waals surface area (Å²) in [7, 11) is 0. The van der Waals surface area contributed by atoms with E-state index in [0.717, 1.165) is 6.42 Å². The molecule has 0 aromatic carbocycles. The first-order valence-electron chi connectivity index (χ1n) is 7.23. The predicted octanol–water partition coefficient (Wildman–Crippen LogP) is 2.18. The van der Waals surface area contributed by atoms with Crippen LogP contribution in [0, 0.1) is 11.3 Å². The summed E-state index contributed by atoms with van der Waals surface area (Å²) in [6.07, 6.45) is 2.29. The molecule has 0 unspecified atom stereocenters. The van der Waals surface area contributed by atoms with E-state index in [9.17, 15) is 18.8 Å². The van der Waals surface area contributed by atoms with E-state index in [-0.39, 0.29) is 37.0 Å². The second-order valence-corrected chi connectivity index (χ2v) is 6.49. The molecular formula is C15H21F2N3O. The monoisotopic (exact) mass is 297 g/mol. The van der Waals surface area contributed by atoms with Crippen LogP contribution in [0.15, 0.2) is 11.6 Å². The number of amides is 1. The average molecular weight is 297 g/mol. The van der Waals surface area contributed by atoms with Gasteiger partial charge in [-0.2, -0.15) is 5.26 Å². The van der Waals surface area contributed by atoms with Crippen LogP contribution in [0.3, 0.4) is 0 Å². The molecule has 21 heavy (non-hydrogen) atoms. The molecule has 0 radical (unpaired) electrons. The van der Waals surface area contributed by atoms with Crippen LogP contribution in [0.25, 0.3) is 0 Å². The number of alkyl halides is 2. The third kappa shape index (κ3) is 3.24. The lowest BCUT2D eigenvalue weighted by Gasteiger charge is -2.39. The van der Waals surface area contributed by atoms with Crippen LogP contribution in [-0.2, 0) is 4.79 Å². The number of halogens is 2. The fourth-order valence-electron chi connectivity index (χ4n) is 2.79. The number of nitriles is 1. The number of carbonyl (C=O) groups excluding carboxylic acids is 1. The van der Waals surface area contributed by atoms with E-state index in [2.05, 4.69) is 0 Å². The van der Waals surface area contributed by atoms with Crippen molar-refractivity contribution in [2.75, 3.05) is 19.6 Å². The van der Waals surface area contributed by atoms with Crippen LogP contribution in [0.5, 0.6) is 0 Å². The van der Waals surface area contributed by atoms with Crippen molar-refractivity contribution in [2.45, 2.75) is 51.1 Å². The molecule has 2 aliphatic heterocycles. The molecule has 2 saturated heterocycles. The Morgan fingerprint density at radius 1 is 1.43 bits per heavy atom. The zero-order valence-electron chi connectivity index (χ0n) is 12.7. The van der Waals surface area contributed by atoms with Crippen LogP contribution in [0.4, 0.5) is 8.78 Å². The van der Waals surface area contributed by atoms with Crippen molar-refractivity contribution in [3.63, 3.8) is 0 Å². The van der Waals surface area contributed by atoms with E-state index in [0.29, 0.717) is 6.54 Å². The summed E-state index contributed by atoms with van der Waals surface area (Å²) in [4.78, 5) is 15.5. The molecule has 1 amide bonds. The molecule has 2 aliphatic rings. The van der Waals surface area contributed by atoms with Gasteiger partial charge in [0.25, 0.3) is 11.8 Å². The normalized spacial score (nSPS) is 26.4. The van der Waals surface area contributed by atoms with E-state index < -0.39 is 11.5 Å². The number of rotatable bonds is 3. The molecule has 0 saturated carbocycles. The van der Waals surface area contributed by atoms with Crippen molar-refractivity contribution >= 4 is 5.91 Å². The summed E-state index contributed by atoms with van der Waals surface area (Å²) in [6.45, 7) is 6.05. The third-order valence-corrected chi connectivity index (χ3v) is 4.41. The number of carbonyl (C=O) groups is 1. The quantitative estimate of drug-likeness (QED) is 0.592. The fourth-order valence-corrected chi connectivity index (χ4v) is 2.79. The Hall–Kier alpha value is -1.48. The summed E-state index contributed by atoms with van der Waals surface area (Å²) >= 11 is 0. The van der Waals surface area contributed by atoms with Crippen molar-refractivity contribution in [1.29, 1.82) is 5.26 Å². The van der Waals surface area contributed by atoms with Gasteiger partial charge < -0.3 is 4.90 Å². The first-order chi connectivity index (χ1) is 9.66. The molecule has 2 fully saturated rings. The zero-order chi connectivity index (χ0) is 15.8. The molecule has 2 heterocycles. The van der Waals surface area contributed by atoms with Crippen molar-refractivity contribution in [1.82, 2.24) is 9.80 Å². The lowest BCUT2D eigenvalue weighted by molar-refractivity contribution is -0.133. The van der Waals surface area contributed by atoms with Gasteiger partial charge in [0.1, 0.15) is 11.6 Å². The maximum atomic E-state index is 13.3. The Bertz CT molecular complexity index is 508. The molecule has 2 rings (SSSR count). The minimum Gasteiger partial charge on any atom is -0.335 e. The van der Waals surface area contributed by atoms with E-state index in [1.807, 2.05) is 13.0 Å². The second kappa shape index (κ2) is 5.38. The van der Waals surface area contributed by atoms with E-state index in [4.69, 9.17) is 0 Å². The Morgan fingerprint density at radius 2 is 2.10 bits per heavy atom. The molecule has 0 aromatic heterocycles. The standard InChI is InChI=1S/C15H21F2N3O/c1-11-4-6-20(11)13(21)12(9-18)8-14(2,3)19-7-5-15(16,17)10-19/h8,11H,4-7,10H2,1-3H3/b12-8+/t11-/m1/s1. The third-order valence-electron chi connectivity index (χ3n) is 4.41. The average Bonchev–Trinajstić information content (AvgIpc) is 2.75. The molecule has 0 bridgehead atoms. The molecule has 116 valence electrons. The predicted molar refractivity (Wildman–Crippen MR) is 74.7 cm³/mol. The molecule has 6 heteroatoms. The van der Waals surface area contributed by atoms with Gasteiger partial charge in [0.2, 0.25) is 0 Å². The second-order valence-electron chi connectivity index (χ2n) is 6.49. The van der Waals surface area contributed by atoms with Gasteiger partial charge in [-0.15, -0.1) is 0 Å². The fraction of sp³-hybridized carbons (Fsp3) is 0.733. The Labute approximate surface area is 124 Å². The van der Waals surface area contributed by atoms with Crippen molar-refractivity contribution < 1.29 is 13.6 Å². The molecule has 0 spiro atoms. The van der Waals surface area contributed by atoms with Gasteiger partial charge in [0, 0.05) is 31.1 Å². The summed E-state index contributed by atoms with van der Waals surface area (Å²) in [5.74, 6) is -2.98. The minimum atomic E-state index is -2.69. The molecule has 0 N–H and O–H groups in total. The first-order valence-corrected chi connectivity index (χ1v) is 7.23. The Morgan fingerprint density at radius 3 is 2.48 bits per heavy atom. The summed E-state index contributed by atoms with van der Waals surface area (Å²) in [5, 5.41) is 9.23. The summed E-state index contributed by atoms with van der Waals surface area (Å²) in [6, 6.07) is 2.07. The highest BCUT2D eigenvalue weighted by atomic mass is 19.3. The van der Waals surface area contributed by atoms with Gasteiger partial charge >= 0.3 is 0 Å². The SMILES string of the molecule is C[C@@H]1CCN1C(=O)/C(C#N)=C/C(C)(C)N1CCC(F)(F)C1. The van der Waals surface area contributed by atoms with Gasteiger partial charge in [-0.3, -0.25) is 9.69 Å². The van der Waals surface area contributed by atoms with E-state index in [1.54, 1.807) is 23.6 Å². The van der Waals surface area contributed by atoms with Crippen LogP contribution in [-0.4, -0.2) is 52.8 Å². The van der Waals surface area contributed by atoms with Gasteiger partial charge in [-0.05, 0) is 33.3 Å². The molecule has 4 nitrogen and oxygen atoms in total. The minimum absolute atomic E-state index is 0.0433. The molecule has 0 aromatic rings. The maximum Gasteiger partial charge on any atom is 0.264 e. The number of likely N-dealkylation sites (tertiary alicyclic amines) is 2. The molecular weight excluding hydrogens is 276 g/mol. The van der Waals surface area contributed by atoms with Gasteiger partial charge in [-0.25, -0.2) is 8.78 Å². The van der Waals surface area contributed by atoms with Crippen molar-refractivity contribution in [3.05, 3.63) is 11.6 Å². The van der Waals surface area contributed by atoms with Crippen molar-refractivity contribution in [2.24, 2.45) is 0 Å². The highest BCUT2D eigenvalue weighted by Crippen LogP contribution is 2.33. The lowest BCUT2D eigenvalue weighted by atomic mass is 9.97. The van der Waals surface area contributed by atoms with Gasteiger partial charge in [-0.1, -0.05) is 0 Å². The van der Waals surface area contributed by atoms with Gasteiger partial charge in [0.15, 0.2) is 0 Å². The number of hydrogen-bond donors (Lipinski definition) is 0. The molecule has 0 aliphatic carbocycles. The molecule has 1 atom stereocenters. The van der Waals surface area contributed by atoms with Gasteiger partial charge in [0.05, 0.1) is 6.54 Å². The summed E-state index contributed by atoms with van der Waals surface area (Å²) < 4.78 is 26.7. The topological polar surface area (TPSA) is 47.3 Å². The van der Waals surface area contributed by atoms with E-state index in [1.165, 1.54) is 6.08 Å². The highest BCUT2D eigenvalue weighted by molar-refractivity contribution is 5.98. The largest absolute Gasteiger partial charge is 0.335 e. The van der Waals surface area contributed by atoms with Crippen LogP contribution < -0.4 is 0 Å². The zero-order valence-corrected chi connectivity index (χ0v) is 12.7. The smallest absolute Gasteiger partial charge is 0.264 e. The van der Waals surface area contributed by atoms with Crippen LogP contribution in [0.1, 0.15) is 33.6 Å². The number of hydrogen-bond acceptors (Lipinski definition) is 3. The van der Waals surface area contributed by atoms with E-state index >= 15 is 0 Å². The van der Waals surface area contributed by atoms with Crippen molar-refractivity contribution in [3.8, 4) is 6.07 Å². The van der Waals surface area contributed by atoms with Crippen LogP contribution in [0.2, 0.25) is 0 Å². The lowest BCUT2D eigenvalue weighted by Crippen LogP contribution is -2.50. The number of nitrogens with zero attached hydrogens (tertiary/aromatic N) is 3. The first kappa shape index (κ1) is 15.9. The van der Waals surface area contributed by atoms with Crippen LogP contribution >= 0.6 is 0 Å².